The summed E-state index contributed by atoms with van der Waals surface area (Å²) in [6, 6.07) is 2.32. The van der Waals surface area contributed by atoms with E-state index >= 15 is 0 Å². The minimum Gasteiger partial charge on any atom is -0.355 e. The predicted octanol–water partition coefficient (Wildman–Crippen LogP) is 0.0423. The third kappa shape index (κ3) is 3.99. The molecule has 0 aromatic heterocycles. The summed E-state index contributed by atoms with van der Waals surface area (Å²) in [5.74, 6) is 0.0838. The smallest absolute Gasteiger partial charge is 0.234 e. The number of nitriles is 1. The highest BCUT2D eigenvalue weighted by molar-refractivity contribution is 5.77. The predicted molar refractivity (Wildman–Crippen MR) is 66.4 cm³/mol. The van der Waals surface area contributed by atoms with Crippen LogP contribution in [0.4, 0.5) is 0 Å². The summed E-state index contributed by atoms with van der Waals surface area (Å²) in [6.07, 6.45) is 0. The van der Waals surface area contributed by atoms with E-state index in [-0.39, 0.29) is 5.91 Å². The van der Waals surface area contributed by atoms with Crippen LogP contribution in [0.15, 0.2) is 0 Å². The molecule has 5 nitrogen and oxygen atoms in total. The van der Waals surface area contributed by atoms with Crippen LogP contribution in [-0.2, 0) is 4.79 Å². The first-order chi connectivity index (χ1) is 7.99. The molecule has 0 aromatic rings. The number of nitrogens with zero attached hydrogens (tertiary/aromatic N) is 3. The van der Waals surface area contributed by atoms with Crippen molar-refractivity contribution < 1.29 is 4.79 Å². The number of hydrogen-bond acceptors (Lipinski definition) is 4. The van der Waals surface area contributed by atoms with Crippen LogP contribution in [0.1, 0.15) is 20.8 Å². The third-order valence-electron chi connectivity index (χ3n) is 3.18. The molecule has 0 spiro atoms. The molecule has 1 aliphatic rings. The van der Waals surface area contributed by atoms with Gasteiger partial charge in [-0.05, 0) is 20.8 Å². The van der Waals surface area contributed by atoms with Gasteiger partial charge < -0.3 is 5.32 Å². The Bertz CT molecular complexity index is 300. The minimum absolute atomic E-state index is 0.0838. The maximum Gasteiger partial charge on any atom is 0.234 e. The van der Waals surface area contributed by atoms with Gasteiger partial charge in [-0.2, -0.15) is 5.26 Å². The lowest BCUT2D eigenvalue weighted by atomic mass is 10.0. The lowest BCUT2D eigenvalue weighted by Crippen LogP contribution is -2.55. The van der Waals surface area contributed by atoms with E-state index in [0.29, 0.717) is 13.1 Å². The molecule has 17 heavy (non-hydrogen) atoms. The number of carbonyl (C=O) groups excluding carboxylic acids is 1. The number of nitrogens with one attached hydrogen (secondary N) is 1. The highest BCUT2D eigenvalue weighted by Crippen LogP contribution is 2.15. The Morgan fingerprint density at radius 3 is 2.41 bits per heavy atom. The largest absolute Gasteiger partial charge is 0.355 e. The highest BCUT2D eigenvalue weighted by atomic mass is 16.2. The molecule has 1 saturated heterocycles. The Morgan fingerprint density at radius 2 is 1.94 bits per heavy atom. The SMILES string of the molecule is CCNC(=O)CN1CCN(C(C)(C)C#N)CC1. The summed E-state index contributed by atoms with van der Waals surface area (Å²) in [4.78, 5) is 15.7. The monoisotopic (exact) mass is 238 g/mol. The van der Waals surface area contributed by atoms with Crippen molar-refractivity contribution in [2.75, 3.05) is 39.3 Å². The molecule has 1 rings (SSSR count). The molecular weight excluding hydrogens is 216 g/mol. The molecule has 1 fully saturated rings. The van der Waals surface area contributed by atoms with Crippen LogP contribution >= 0.6 is 0 Å². The zero-order valence-corrected chi connectivity index (χ0v) is 11.0. The maximum atomic E-state index is 11.4. The van der Waals surface area contributed by atoms with E-state index in [4.69, 9.17) is 5.26 Å². The van der Waals surface area contributed by atoms with Crippen molar-refractivity contribution in [1.82, 2.24) is 15.1 Å². The van der Waals surface area contributed by atoms with Crippen LogP contribution in [0.25, 0.3) is 0 Å². The summed E-state index contributed by atoms with van der Waals surface area (Å²) in [7, 11) is 0. The fourth-order valence-electron chi connectivity index (χ4n) is 1.99. The maximum absolute atomic E-state index is 11.4. The number of likely N-dealkylation sites (N-methyl/N-ethyl adjacent to an activating group) is 1. The van der Waals surface area contributed by atoms with E-state index in [1.54, 1.807) is 0 Å². The van der Waals surface area contributed by atoms with Crippen molar-refractivity contribution in [3.8, 4) is 6.07 Å². The van der Waals surface area contributed by atoms with Crippen LogP contribution in [0, 0.1) is 11.3 Å². The van der Waals surface area contributed by atoms with Crippen molar-refractivity contribution in [1.29, 1.82) is 5.26 Å². The Labute approximate surface area is 103 Å². The molecule has 1 aliphatic heterocycles. The quantitative estimate of drug-likeness (QED) is 0.751. The van der Waals surface area contributed by atoms with Gasteiger partial charge >= 0.3 is 0 Å². The number of amides is 1. The molecule has 0 radical (unpaired) electrons. The second-order valence-corrected chi connectivity index (χ2v) is 4.89. The fraction of sp³-hybridized carbons (Fsp3) is 0.833. The zero-order chi connectivity index (χ0) is 12.9. The first-order valence-corrected chi connectivity index (χ1v) is 6.15. The van der Waals surface area contributed by atoms with E-state index in [0.717, 1.165) is 26.2 Å². The standard InChI is InChI=1S/C12H22N4O/c1-4-14-11(17)9-15-5-7-16(8-6-15)12(2,3)10-13/h4-9H2,1-3H3,(H,14,17). The van der Waals surface area contributed by atoms with Crippen molar-refractivity contribution in [3.05, 3.63) is 0 Å². The van der Waals surface area contributed by atoms with Crippen LogP contribution in [0.5, 0.6) is 0 Å². The molecule has 0 aliphatic carbocycles. The molecule has 0 bridgehead atoms. The molecule has 0 saturated carbocycles. The van der Waals surface area contributed by atoms with E-state index in [9.17, 15) is 4.79 Å². The molecule has 0 unspecified atom stereocenters. The molecule has 0 atom stereocenters. The van der Waals surface area contributed by atoms with E-state index in [2.05, 4.69) is 21.2 Å². The minimum atomic E-state index is -0.405. The average molecular weight is 238 g/mol. The van der Waals surface area contributed by atoms with E-state index in [1.807, 2.05) is 20.8 Å². The van der Waals surface area contributed by atoms with Gasteiger partial charge in [-0.3, -0.25) is 14.6 Å². The van der Waals surface area contributed by atoms with Crippen molar-refractivity contribution in [2.45, 2.75) is 26.3 Å². The van der Waals surface area contributed by atoms with Gasteiger partial charge in [-0.25, -0.2) is 0 Å². The molecule has 0 aromatic carbocycles. The van der Waals surface area contributed by atoms with Crippen LogP contribution < -0.4 is 5.32 Å². The first kappa shape index (κ1) is 13.9. The lowest BCUT2D eigenvalue weighted by Gasteiger charge is -2.40. The molecule has 1 N–H and O–H groups in total. The summed E-state index contributed by atoms with van der Waals surface area (Å²) in [6.45, 7) is 10.3. The second kappa shape index (κ2) is 5.99. The Balaban J connectivity index is 2.36. The number of piperazine rings is 1. The molecule has 1 amide bonds. The second-order valence-electron chi connectivity index (χ2n) is 4.89. The van der Waals surface area contributed by atoms with Crippen LogP contribution in [-0.4, -0.2) is 60.5 Å². The number of hydrogen-bond donors (Lipinski definition) is 1. The molecular formula is C12H22N4O. The Kier molecular flexibility index (Phi) is 4.91. The summed E-state index contributed by atoms with van der Waals surface area (Å²) in [5.41, 5.74) is -0.405. The summed E-state index contributed by atoms with van der Waals surface area (Å²) >= 11 is 0. The molecule has 5 heteroatoms. The van der Waals surface area contributed by atoms with Gasteiger partial charge in [0.1, 0.15) is 5.54 Å². The van der Waals surface area contributed by atoms with Gasteiger partial charge in [0.2, 0.25) is 5.91 Å². The summed E-state index contributed by atoms with van der Waals surface area (Å²) in [5, 5.41) is 11.9. The van der Waals surface area contributed by atoms with Gasteiger partial charge in [0.15, 0.2) is 0 Å². The fourth-order valence-corrected chi connectivity index (χ4v) is 1.99. The summed E-state index contributed by atoms with van der Waals surface area (Å²) < 4.78 is 0. The first-order valence-electron chi connectivity index (χ1n) is 6.15. The number of carbonyl (C=O) groups is 1. The topological polar surface area (TPSA) is 59.4 Å². The Hall–Kier alpha value is -1.12. The zero-order valence-electron chi connectivity index (χ0n) is 11.0. The molecule has 1 heterocycles. The number of rotatable bonds is 4. The van der Waals surface area contributed by atoms with Gasteiger partial charge in [0.05, 0.1) is 12.6 Å². The third-order valence-corrected chi connectivity index (χ3v) is 3.18. The normalized spacial score (nSPS) is 18.7. The van der Waals surface area contributed by atoms with E-state index in [1.165, 1.54) is 0 Å². The lowest BCUT2D eigenvalue weighted by molar-refractivity contribution is -0.122. The van der Waals surface area contributed by atoms with Crippen molar-refractivity contribution in [3.63, 3.8) is 0 Å². The van der Waals surface area contributed by atoms with Crippen molar-refractivity contribution >= 4 is 5.91 Å². The van der Waals surface area contributed by atoms with Gasteiger partial charge in [0.25, 0.3) is 0 Å². The Morgan fingerprint density at radius 1 is 1.35 bits per heavy atom. The molecule has 96 valence electrons. The van der Waals surface area contributed by atoms with Crippen LogP contribution in [0.2, 0.25) is 0 Å². The van der Waals surface area contributed by atoms with Gasteiger partial charge in [-0.15, -0.1) is 0 Å². The highest BCUT2D eigenvalue weighted by Gasteiger charge is 2.29. The van der Waals surface area contributed by atoms with Crippen LogP contribution in [0.3, 0.4) is 0 Å². The van der Waals surface area contributed by atoms with Gasteiger partial charge in [0, 0.05) is 32.7 Å². The average Bonchev–Trinajstić information content (AvgIpc) is 2.30. The van der Waals surface area contributed by atoms with E-state index < -0.39 is 5.54 Å². The van der Waals surface area contributed by atoms with Gasteiger partial charge in [-0.1, -0.05) is 0 Å². The van der Waals surface area contributed by atoms with Crippen molar-refractivity contribution in [2.24, 2.45) is 0 Å².